The average molecular weight is 280 g/mol. The predicted molar refractivity (Wildman–Crippen MR) is 89.1 cm³/mol. The van der Waals surface area contributed by atoms with Crippen LogP contribution in [0.25, 0.3) is 0 Å². The predicted octanol–water partition coefficient (Wildman–Crippen LogP) is 5.34. The van der Waals surface area contributed by atoms with Gasteiger partial charge < -0.3 is 0 Å². The van der Waals surface area contributed by atoms with Crippen LogP contribution in [0.15, 0.2) is 48.5 Å². The van der Waals surface area contributed by atoms with Crippen LogP contribution in [-0.4, -0.2) is 5.78 Å². The normalized spacial score (nSPS) is 11.7. The quantitative estimate of drug-likeness (QED) is 0.694. The smallest absolute Gasteiger partial charge is 0.193 e. The largest absolute Gasteiger partial charge is 0.289 e. The molecule has 0 unspecified atom stereocenters. The first kappa shape index (κ1) is 15.5. The highest BCUT2D eigenvalue weighted by Gasteiger charge is 2.21. The topological polar surface area (TPSA) is 17.1 Å². The maximum atomic E-state index is 12.8. The SMILES string of the molecule is CC(C)c1ccc(C(=O)c2ccccc2C(C)(C)C)cc1. The summed E-state index contributed by atoms with van der Waals surface area (Å²) in [5.74, 6) is 0.590. The molecule has 0 bridgehead atoms. The van der Waals surface area contributed by atoms with Crippen LogP contribution in [0.5, 0.6) is 0 Å². The van der Waals surface area contributed by atoms with Crippen molar-refractivity contribution in [1.29, 1.82) is 0 Å². The van der Waals surface area contributed by atoms with Crippen LogP contribution >= 0.6 is 0 Å². The van der Waals surface area contributed by atoms with Gasteiger partial charge in [0.15, 0.2) is 5.78 Å². The lowest BCUT2D eigenvalue weighted by atomic mass is 9.82. The minimum absolute atomic E-state index is 0.0376. The molecule has 0 saturated heterocycles. The first-order valence-electron chi connectivity index (χ1n) is 7.55. The number of benzene rings is 2. The molecule has 0 spiro atoms. The van der Waals surface area contributed by atoms with Gasteiger partial charge >= 0.3 is 0 Å². The van der Waals surface area contributed by atoms with Gasteiger partial charge in [-0.15, -0.1) is 0 Å². The van der Waals surface area contributed by atoms with E-state index in [-0.39, 0.29) is 11.2 Å². The molecule has 0 heterocycles. The zero-order valence-electron chi connectivity index (χ0n) is 13.6. The fourth-order valence-corrected chi connectivity index (χ4v) is 2.51. The number of ketones is 1. The van der Waals surface area contributed by atoms with Gasteiger partial charge in [-0.25, -0.2) is 0 Å². The Kier molecular flexibility index (Phi) is 4.32. The third-order valence-electron chi connectivity index (χ3n) is 3.82. The number of hydrogen-bond donors (Lipinski definition) is 0. The van der Waals surface area contributed by atoms with Crippen LogP contribution < -0.4 is 0 Å². The number of carbonyl (C=O) groups excluding carboxylic acids is 1. The summed E-state index contributed by atoms with van der Waals surface area (Å²) in [5.41, 5.74) is 3.89. The van der Waals surface area contributed by atoms with Crippen molar-refractivity contribution in [3.63, 3.8) is 0 Å². The third kappa shape index (κ3) is 3.41. The van der Waals surface area contributed by atoms with Crippen molar-refractivity contribution in [2.75, 3.05) is 0 Å². The van der Waals surface area contributed by atoms with Crippen LogP contribution in [-0.2, 0) is 5.41 Å². The number of hydrogen-bond acceptors (Lipinski definition) is 1. The molecule has 2 rings (SSSR count). The lowest BCUT2D eigenvalue weighted by Crippen LogP contribution is -2.17. The maximum absolute atomic E-state index is 12.8. The standard InChI is InChI=1S/C20H24O/c1-14(2)15-10-12-16(13-11-15)19(21)17-8-6-7-9-18(17)20(3,4)5/h6-14H,1-5H3. The van der Waals surface area contributed by atoms with Gasteiger partial charge in [-0.3, -0.25) is 4.79 Å². The van der Waals surface area contributed by atoms with E-state index in [1.54, 1.807) is 0 Å². The second-order valence-electron chi connectivity index (χ2n) is 6.90. The molecule has 0 N–H and O–H groups in total. The molecule has 2 aromatic carbocycles. The van der Waals surface area contributed by atoms with E-state index in [1.807, 2.05) is 30.3 Å². The Bertz CT molecular complexity index is 628. The first-order chi connectivity index (χ1) is 9.80. The highest BCUT2D eigenvalue weighted by atomic mass is 16.1. The van der Waals surface area contributed by atoms with E-state index in [9.17, 15) is 4.79 Å². The summed E-state index contributed by atoms with van der Waals surface area (Å²) in [4.78, 5) is 12.8. The fraction of sp³-hybridized carbons (Fsp3) is 0.350. The Hall–Kier alpha value is -1.89. The van der Waals surface area contributed by atoms with Crippen molar-refractivity contribution >= 4 is 5.78 Å². The monoisotopic (exact) mass is 280 g/mol. The lowest BCUT2D eigenvalue weighted by molar-refractivity contribution is 0.103. The van der Waals surface area contributed by atoms with E-state index in [0.29, 0.717) is 5.92 Å². The Morgan fingerprint density at radius 2 is 1.48 bits per heavy atom. The first-order valence-corrected chi connectivity index (χ1v) is 7.55. The van der Waals surface area contributed by atoms with Crippen LogP contribution in [0, 0.1) is 0 Å². The molecule has 0 aliphatic heterocycles. The Morgan fingerprint density at radius 3 is 2.00 bits per heavy atom. The van der Waals surface area contributed by atoms with Gasteiger partial charge in [0.2, 0.25) is 0 Å². The van der Waals surface area contributed by atoms with E-state index < -0.39 is 0 Å². The molecule has 1 nitrogen and oxygen atoms in total. The summed E-state index contributed by atoms with van der Waals surface area (Å²) in [6.07, 6.45) is 0. The molecule has 0 aromatic heterocycles. The molecule has 0 amide bonds. The van der Waals surface area contributed by atoms with Crippen molar-refractivity contribution in [2.45, 2.75) is 46.0 Å². The summed E-state index contributed by atoms with van der Waals surface area (Å²) in [6, 6.07) is 15.9. The molecule has 0 atom stereocenters. The maximum Gasteiger partial charge on any atom is 0.193 e. The molecule has 2 aromatic rings. The van der Waals surface area contributed by atoms with Crippen molar-refractivity contribution in [3.8, 4) is 0 Å². The molecular weight excluding hydrogens is 256 g/mol. The summed E-state index contributed by atoms with van der Waals surface area (Å²) in [6.45, 7) is 10.7. The molecule has 0 fully saturated rings. The van der Waals surface area contributed by atoms with Gasteiger partial charge in [-0.1, -0.05) is 83.1 Å². The second kappa shape index (κ2) is 5.85. The van der Waals surface area contributed by atoms with Crippen LogP contribution in [0.1, 0.15) is 67.6 Å². The van der Waals surface area contributed by atoms with Crippen LogP contribution in [0.3, 0.4) is 0 Å². The Morgan fingerprint density at radius 1 is 0.905 bits per heavy atom. The van der Waals surface area contributed by atoms with E-state index in [0.717, 1.165) is 16.7 Å². The van der Waals surface area contributed by atoms with Crippen molar-refractivity contribution in [3.05, 3.63) is 70.8 Å². The molecule has 110 valence electrons. The lowest BCUT2D eigenvalue weighted by Gasteiger charge is -2.22. The molecule has 0 saturated carbocycles. The second-order valence-corrected chi connectivity index (χ2v) is 6.90. The minimum Gasteiger partial charge on any atom is -0.289 e. The van der Waals surface area contributed by atoms with Crippen molar-refractivity contribution in [2.24, 2.45) is 0 Å². The summed E-state index contributed by atoms with van der Waals surface area (Å²) < 4.78 is 0. The Balaban J connectivity index is 2.41. The van der Waals surface area contributed by atoms with E-state index in [1.165, 1.54) is 5.56 Å². The molecule has 0 aliphatic carbocycles. The van der Waals surface area contributed by atoms with Gasteiger partial charge in [-0.05, 0) is 22.5 Å². The van der Waals surface area contributed by atoms with Gasteiger partial charge in [0.05, 0.1) is 0 Å². The van der Waals surface area contributed by atoms with Gasteiger partial charge in [0.25, 0.3) is 0 Å². The fourth-order valence-electron chi connectivity index (χ4n) is 2.51. The minimum atomic E-state index is -0.0376. The van der Waals surface area contributed by atoms with E-state index in [4.69, 9.17) is 0 Å². The average Bonchev–Trinajstić information content (AvgIpc) is 2.45. The van der Waals surface area contributed by atoms with Crippen LogP contribution in [0.2, 0.25) is 0 Å². The number of carbonyl (C=O) groups is 1. The summed E-state index contributed by atoms with van der Waals surface area (Å²) in [5, 5.41) is 0. The van der Waals surface area contributed by atoms with E-state index >= 15 is 0 Å². The van der Waals surface area contributed by atoms with E-state index in [2.05, 4.69) is 52.8 Å². The van der Waals surface area contributed by atoms with Gasteiger partial charge in [0.1, 0.15) is 0 Å². The van der Waals surface area contributed by atoms with Gasteiger partial charge in [-0.2, -0.15) is 0 Å². The molecule has 0 radical (unpaired) electrons. The van der Waals surface area contributed by atoms with Gasteiger partial charge in [0, 0.05) is 11.1 Å². The highest BCUT2D eigenvalue weighted by molar-refractivity contribution is 6.10. The summed E-state index contributed by atoms with van der Waals surface area (Å²) >= 11 is 0. The third-order valence-corrected chi connectivity index (χ3v) is 3.82. The molecular formula is C20H24O. The molecule has 21 heavy (non-hydrogen) atoms. The van der Waals surface area contributed by atoms with Crippen molar-refractivity contribution < 1.29 is 4.79 Å². The summed E-state index contributed by atoms with van der Waals surface area (Å²) in [7, 11) is 0. The molecule has 1 heteroatoms. The molecule has 0 aliphatic rings. The zero-order valence-corrected chi connectivity index (χ0v) is 13.6. The highest BCUT2D eigenvalue weighted by Crippen LogP contribution is 2.27. The zero-order chi connectivity index (χ0) is 15.6. The van der Waals surface area contributed by atoms with Crippen molar-refractivity contribution in [1.82, 2.24) is 0 Å². The van der Waals surface area contributed by atoms with Crippen LogP contribution in [0.4, 0.5) is 0 Å². The number of rotatable bonds is 3. The Labute approximate surface area is 128 Å².